The van der Waals surface area contributed by atoms with Gasteiger partial charge in [-0.2, -0.15) is 5.10 Å². The van der Waals surface area contributed by atoms with Gasteiger partial charge in [0, 0.05) is 38.6 Å². The monoisotopic (exact) mass is 325 g/mol. The molecule has 7 heteroatoms. The molecule has 1 atom stereocenters. The largest absolute Gasteiger partial charge is 0.464 e. The number of furan rings is 1. The zero-order chi connectivity index (χ0) is 16.5. The molecule has 0 saturated carbocycles. The van der Waals surface area contributed by atoms with Crippen LogP contribution in [0.2, 0.25) is 0 Å². The van der Waals surface area contributed by atoms with E-state index in [2.05, 4.69) is 20.3 Å². The number of anilines is 1. The molecule has 1 aliphatic rings. The maximum Gasteiger partial charge on any atom is 0.272 e. The van der Waals surface area contributed by atoms with Crippen LogP contribution in [0.5, 0.6) is 0 Å². The van der Waals surface area contributed by atoms with Gasteiger partial charge in [-0.05, 0) is 31.0 Å². The molecular weight excluding hydrogens is 306 g/mol. The first-order valence-electron chi connectivity index (χ1n) is 8.08. The van der Waals surface area contributed by atoms with Gasteiger partial charge in [0.1, 0.15) is 17.1 Å². The van der Waals surface area contributed by atoms with Crippen LogP contribution < -0.4 is 10.2 Å². The van der Waals surface area contributed by atoms with Crippen molar-refractivity contribution >= 4 is 22.7 Å². The highest BCUT2D eigenvalue weighted by Crippen LogP contribution is 2.27. The first-order valence-corrected chi connectivity index (χ1v) is 8.08. The first-order chi connectivity index (χ1) is 11.7. The average molecular weight is 325 g/mol. The Hall–Kier alpha value is -2.83. The number of piperidine rings is 1. The smallest absolute Gasteiger partial charge is 0.272 e. The van der Waals surface area contributed by atoms with Gasteiger partial charge in [0.15, 0.2) is 0 Å². The molecule has 3 aromatic rings. The van der Waals surface area contributed by atoms with Crippen LogP contribution in [0.25, 0.3) is 11.0 Å². The van der Waals surface area contributed by atoms with E-state index in [1.165, 1.54) is 0 Å². The molecule has 0 aliphatic carbocycles. The number of carbonyl (C=O) groups excluding carboxylic acids is 1. The van der Waals surface area contributed by atoms with Crippen molar-refractivity contribution in [3.05, 3.63) is 42.5 Å². The lowest BCUT2D eigenvalue weighted by Gasteiger charge is -2.34. The van der Waals surface area contributed by atoms with Gasteiger partial charge in [0.2, 0.25) is 0 Å². The van der Waals surface area contributed by atoms with E-state index in [9.17, 15) is 4.79 Å². The molecule has 4 rings (SSSR count). The summed E-state index contributed by atoms with van der Waals surface area (Å²) >= 11 is 0. The number of carbonyl (C=O) groups is 1. The summed E-state index contributed by atoms with van der Waals surface area (Å²) in [5.74, 6) is 0.787. The summed E-state index contributed by atoms with van der Waals surface area (Å²) in [7, 11) is 1.80. The van der Waals surface area contributed by atoms with Gasteiger partial charge in [-0.3, -0.25) is 9.48 Å². The lowest BCUT2D eigenvalue weighted by Crippen LogP contribution is -2.48. The third-order valence-corrected chi connectivity index (χ3v) is 4.36. The van der Waals surface area contributed by atoms with Gasteiger partial charge >= 0.3 is 0 Å². The number of hydrogen-bond donors (Lipinski definition) is 1. The van der Waals surface area contributed by atoms with Crippen LogP contribution in [0.4, 0.5) is 5.82 Å². The summed E-state index contributed by atoms with van der Waals surface area (Å²) < 4.78 is 7.08. The highest BCUT2D eigenvalue weighted by Gasteiger charge is 2.24. The van der Waals surface area contributed by atoms with Crippen LogP contribution in [0.1, 0.15) is 23.3 Å². The predicted octanol–water partition coefficient (Wildman–Crippen LogP) is 1.96. The number of nitrogens with one attached hydrogen (secondary N) is 1. The molecular formula is C17H19N5O2. The number of aromatic nitrogens is 3. The van der Waals surface area contributed by atoms with Gasteiger partial charge in [0.05, 0.1) is 11.6 Å². The molecule has 1 amide bonds. The van der Waals surface area contributed by atoms with E-state index in [-0.39, 0.29) is 11.9 Å². The maximum atomic E-state index is 12.3. The number of nitrogens with zero attached hydrogens (tertiary/aromatic N) is 4. The standard InChI is InChI=1S/C17H19N5O2/c1-21-9-5-14(20-21)17(23)19-12-3-2-8-22(11-12)16-13-6-10-24-15(13)4-7-18-16/h4-7,9-10,12H,2-3,8,11H2,1H3,(H,19,23). The summed E-state index contributed by atoms with van der Waals surface area (Å²) in [6, 6.07) is 5.61. The van der Waals surface area contributed by atoms with Crippen LogP contribution in [-0.2, 0) is 7.05 Å². The van der Waals surface area contributed by atoms with Crippen molar-refractivity contribution in [3.8, 4) is 0 Å². The maximum absolute atomic E-state index is 12.3. The molecule has 1 saturated heterocycles. The Morgan fingerprint density at radius 1 is 1.38 bits per heavy atom. The molecule has 24 heavy (non-hydrogen) atoms. The van der Waals surface area contributed by atoms with E-state index in [1.54, 1.807) is 36.5 Å². The topological polar surface area (TPSA) is 76.2 Å². The van der Waals surface area contributed by atoms with Crippen molar-refractivity contribution in [2.45, 2.75) is 18.9 Å². The Balaban J connectivity index is 1.49. The van der Waals surface area contributed by atoms with Crippen LogP contribution in [0.15, 0.2) is 41.3 Å². The van der Waals surface area contributed by atoms with Crippen molar-refractivity contribution in [2.24, 2.45) is 7.05 Å². The number of fused-ring (bicyclic) bond motifs is 1. The summed E-state index contributed by atoms with van der Waals surface area (Å²) in [5.41, 5.74) is 1.28. The molecule has 0 spiro atoms. The van der Waals surface area contributed by atoms with E-state index in [1.807, 2.05) is 12.1 Å². The second kappa shape index (κ2) is 5.99. The minimum Gasteiger partial charge on any atom is -0.464 e. The van der Waals surface area contributed by atoms with Gasteiger partial charge in [0.25, 0.3) is 5.91 Å². The predicted molar refractivity (Wildman–Crippen MR) is 89.9 cm³/mol. The molecule has 1 N–H and O–H groups in total. The summed E-state index contributed by atoms with van der Waals surface area (Å²) in [6.07, 6.45) is 7.17. The Kier molecular flexibility index (Phi) is 3.68. The molecule has 0 bridgehead atoms. The van der Waals surface area contributed by atoms with Crippen molar-refractivity contribution in [3.63, 3.8) is 0 Å². The highest BCUT2D eigenvalue weighted by atomic mass is 16.3. The number of hydrogen-bond acceptors (Lipinski definition) is 5. The van der Waals surface area contributed by atoms with Gasteiger partial charge in [-0.1, -0.05) is 0 Å². The Labute approximate surface area is 139 Å². The number of amides is 1. The first kappa shape index (κ1) is 14.7. The fourth-order valence-electron chi connectivity index (χ4n) is 3.21. The van der Waals surface area contributed by atoms with Crippen molar-refractivity contribution in [1.29, 1.82) is 0 Å². The Morgan fingerprint density at radius 3 is 3.12 bits per heavy atom. The van der Waals surface area contributed by atoms with Gasteiger partial charge in [-0.15, -0.1) is 0 Å². The van der Waals surface area contributed by atoms with Crippen LogP contribution in [0.3, 0.4) is 0 Å². The highest BCUT2D eigenvalue weighted by molar-refractivity contribution is 5.92. The molecule has 124 valence electrons. The molecule has 3 aromatic heterocycles. The quantitative estimate of drug-likeness (QED) is 0.796. The second-order valence-electron chi connectivity index (χ2n) is 6.10. The van der Waals surface area contributed by atoms with Gasteiger partial charge in [-0.25, -0.2) is 4.98 Å². The minimum atomic E-state index is -0.128. The fourth-order valence-corrected chi connectivity index (χ4v) is 3.21. The SMILES string of the molecule is Cn1ccc(C(=O)NC2CCCN(c3nccc4occc34)C2)n1. The summed E-state index contributed by atoms with van der Waals surface area (Å²) in [6.45, 7) is 1.66. The van der Waals surface area contributed by atoms with Crippen molar-refractivity contribution in [2.75, 3.05) is 18.0 Å². The van der Waals surface area contributed by atoms with E-state index in [0.29, 0.717) is 5.69 Å². The molecule has 0 aromatic carbocycles. The van der Waals surface area contributed by atoms with Gasteiger partial charge < -0.3 is 14.6 Å². The second-order valence-corrected chi connectivity index (χ2v) is 6.10. The minimum absolute atomic E-state index is 0.0808. The normalized spacial score (nSPS) is 18.0. The molecule has 1 fully saturated rings. The van der Waals surface area contributed by atoms with Crippen molar-refractivity contribution < 1.29 is 9.21 Å². The number of rotatable bonds is 3. The molecule has 0 radical (unpaired) electrons. The van der Waals surface area contributed by atoms with Crippen LogP contribution in [0, 0.1) is 0 Å². The van der Waals surface area contributed by atoms with Crippen LogP contribution >= 0.6 is 0 Å². The molecule has 1 aliphatic heterocycles. The lowest BCUT2D eigenvalue weighted by molar-refractivity contribution is 0.0927. The molecule has 1 unspecified atom stereocenters. The number of aryl methyl sites for hydroxylation is 1. The summed E-state index contributed by atoms with van der Waals surface area (Å²) in [5, 5.41) is 8.24. The molecule has 7 nitrogen and oxygen atoms in total. The Bertz CT molecular complexity index is 869. The molecule has 4 heterocycles. The fraction of sp³-hybridized carbons (Fsp3) is 0.353. The zero-order valence-corrected chi connectivity index (χ0v) is 13.5. The lowest BCUT2D eigenvalue weighted by atomic mass is 10.0. The van der Waals surface area contributed by atoms with Crippen molar-refractivity contribution in [1.82, 2.24) is 20.1 Å². The van der Waals surface area contributed by atoms with E-state index >= 15 is 0 Å². The average Bonchev–Trinajstić information content (AvgIpc) is 3.23. The Morgan fingerprint density at radius 2 is 2.29 bits per heavy atom. The van der Waals surface area contributed by atoms with E-state index in [0.717, 1.165) is 42.7 Å². The zero-order valence-electron chi connectivity index (χ0n) is 13.5. The third-order valence-electron chi connectivity index (χ3n) is 4.36. The van der Waals surface area contributed by atoms with E-state index in [4.69, 9.17) is 4.42 Å². The number of pyridine rings is 1. The van der Waals surface area contributed by atoms with Crippen LogP contribution in [-0.4, -0.2) is 39.8 Å². The third kappa shape index (κ3) is 2.73. The van der Waals surface area contributed by atoms with E-state index < -0.39 is 0 Å². The summed E-state index contributed by atoms with van der Waals surface area (Å²) in [4.78, 5) is 19.0.